The highest BCUT2D eigenvalue weighted by Crippen LogP contribution is 2.15. The highest BCUT2D eigenvalue weighted by atomic mass is 19.1. The quantitative estimate of drug-likeness (QED) is 0.878. The number of rotatable bonds is 5. The number of benzene rings is 1. The van der Waals surface area contributed by atoms with Crippen LogP contribution in [0.1, 0.15) is 10.4 Å². The smallest absolute Gasteiger partial charge is 0.339 e. The number of amides is 1. The molecule has 0 atom stereocenters. The van der Waals surface area contributed by atoms with Gasteiger partial charge in [-0.2, -0.15) is 0 Å². The van der Waals surface area contributed by atoms with Gasteiger partial charge >= 0.3 is 5.97 Å². The van der Waals surface area contributed by atoms with E-state index in [1.165, 1.54) is 36.5 Å². The molecule has 0 saturated heterocycles. The van der Waals surface area contributed by atoms with Crippen LogP contribution in [0.3, 0.4) is 0 Å². The lowest BCUT2D eigenvalue weighted by Gasteiger charge is -2.09. The Morgan fingerprint density at radius 1 is 1.24 bits per heavy atom. The van der Waals surface area contributed by atoms with E-state index in [2.05, 4.69) is 10.3 Å². The molecule has 0 aliphatic carbocycles. The first kappa shape index (κ1) is 14.4. The highest BCUT2D eigenvalue weighted by molar-refractivity contribution is 5.99. The zero-order chi connectivity index (χ0) is 15.2. The van der Waals surface area contributed by atoms with Crippen molar-refractivity contribution in [1.82, 2.24) is 4.98 Å². The van der Waals surface area contributed by atoms with Crippen LogP contribution < -0.4 is 10.1 Å². The number of carbonyl (C=O) groups is 2. The summed E-state index contributed by atoms with van der Waals surface area (Å²) in [5.41, 5.74) is -0.142. The Bertz CT molecular complexity index is 676. The fraction of sp³-hybridized carbons (Fsp3) is 0.0714. The second-order valence-electron chi connectivity index (χ2n) is 3.97. The number of nitrogens with zero attached hydrogens (tertiary/aromatic N) is 1. The van der Waals surface area contributed by atoms with Gasteiger partial charge in [0.2, 0.25) is 0 Å². The molecule has 1 aromatic carbocycles. The van der Waals surface area contributed by atoms with E-state index < -0.39 is 24.3 Å². The van der Waals surface area contributed by atoms with E-state index in [1.54, 1.807) is 6.07 Å². The highest BCUT2D eigenvalue weighted by Gasteiger charge is 2.14. The third-order valence-corrected chi connectivity index (χ3v) is 2.49. The topological polar surface area (TPSA) is 88.5 Å². The maximum atomic E-state index is 13.3. The van der Waals surface area contributed by atoms with E-state index >= 15 is 0 Å². The van der Waals surface area contributed by atoms with Gasteiger partial charge in [0.15, 0.2) is 18.2 Å². The Hall–Kier alpha value is -2.96. The van der Waals surface area contributed by atoms with Crippen LogP contribution >= 0.6 is 0 Å². The summed E-state index contributed by atoms with van der Waals surface area (Å²) in [5, 5.41) is 11.3. The minimum atomic E-state index is -1.21. The van der Waals surface area contributed by atoms with Crippen LogP contribution in [0.25, 0.3) is 0 Å². The van der Waals surface area contributed by atoms with Crippen molar-refractivity contribution < 1.29 is 23.8 Å². The van der Waals surface area contributed by atoms with Crippen molar-refractivity contribution in [2.75, 3.05) is 11.9 Å². The molecule has 0 fully saturated rings. The van der Waals surface area contributed by atoms with E-state index in [-0.39, 0.29) is 17.1 Å². The Balaban J connectivity index is 2.00. The van der Waals surface area contributed by atoms with E-state index in [0.29, 0.717) is 0 Å². The number of hydrogen-bond acceptors (Lipinski definition) is 4. The second-order valence-corrected chi connectivity index (χ2v) is 3.97. The van der Waals surface area contributed by atoms with E-state index in [4.69, 9.17) is 9.84 Å². The lowest BCUT2D eigenvalue weighted by Crippen LogP contribution is -2.22. The maximum Gasteiger partial charge on any atom is 0.339 e. The van der Waals surface area contributed by atoms with Crippen molar-refractivity contribution in [3.05, 3.63) is 54.0 Å². The molecule has 21 heavy (non-hydrogen) atoms. The molecule has 0 spiro atoms. The standard InChI is InChI=1S/C14H11FN2O4/c15-10-5-1-2-6-11(10)21-8-12(18)17-13-9(14(19)20)4-3-7-16-13/h1-7H,8H2,(H,19,20)(H,16,17,18). The Labute approximate surface area is 119 Å². The van der Waals surface area contributed by atoms with E-state index in [9.17, 15) is 14.0 Å². The largest absolute Gasteiger partial charge is 0.481 e. The number of aromatic carboxylic acids is 1. The number of carboxylic acids is 1. The lowest BCUT2D eigenvalue weighted by atomic mass is 10.2. The molecule has 0 radical (unpaired) electrons. The number of para-hydroxylation sites is 1. The van der Waals surface area contributed by atoms with Crippen molar-refractivity contribution in [2.24, 2.45) is 0 Å². The van der Waals surface area contributed by atoms with Gasteiger partial charge in [0, 0.05) is 6.20 Å². The third kappa shape index (κ3) is 3.75. The van der Waals surface area contributed by atoms with Crippen LogP contribution in [0.2, 0.25) is 0 Å². The molecule has 2 rings (SSSR count). The van der Waals surface area contributed by atoms with Crippen molar-refractivity contribution in [3.63, 3.8) is 0 Å². The van der Waals surface area contributed by atoms with Crippen LogP contribution in [0, 0.1) is 5.82 Å². The van der Waals surface area contributed by atoms with Gasteiger partial charge < -0.3 is 15.2 Å². The predicted molar refractivity (Wildman–Crippen MR) is 71.7 cm³/mol. The van der Waals surface area contributed by atoms with Crippen LogP contribution in [-0.2, 0) is 4.79 Å². The van der Waals surface area contributed by atoms with Crippen molar-refractivity contribution in [3.8, 4) is 5.75 Å². The minimum absolute atomic E-state index is 0.0628. The number of halogens is 1. The van der Waals surface area contributed by atoms with Crippen LogP contribution in [0.5, 0.6) is 5.75 Å². The van der Waals surface area contributed by atoms with E-state index in [1.807, 2.05) is 0 Å². The van der Waals surface area contributed by atoms with Gasteiger partial charge in [0.25, 0.3) is 5.91 Å². The summed E-state index contributed by atoms with van der Waals surface area (Å²) in [4.78, 5) is 26.4. The first-order valence-electron chi connectivity index (χ1n) is 5.93. The molecule has 0 unspecified atom stereocenters. The van der Waals surface area contributed by atoms with Gasteiger partial charge in [-0.25, -0.2) is 14.2 Å². The Morgan fingerprint density at radius 3 is 2.71 bits per heavy atom. The van der Waals surface area contributed by atoms with Crippen LogP contribution in [0.15, 0.2) is 42.6 Å². The number of carboxylic acid groups (broad SMARTS) is 1. The third-order valence-electron chi connectivity index (χ3n) is 2.49. The fourth-order valence-electron chi connectivity index (χ4n) is 1.55. The number of aromatic nitrogens is 1. The summed E-state index contributed by atoms with van der Waals surface area (Å²) >= 11 is 0. The first-order valence-corrected chi connectivity index (χ1v) is 5.93. The van der Waals surface area contributed by atoms with Crippen LogP contribution in [0.4, 0.5) is 10.2 Å². The second kappa shape index (κ2) is 6.47. The number of nitrogens with one attached hydrogen (secondary N) is 1. The number of carbonyl (C=O) groups excluding carboxylic acids is 1. The summed E-state index contributed by atoms with van der Waals surface area (Å²) in [6.45, 7) is -0.462. The average molecular weight is 290 g/mol. The number of pyridine rings is 1. The molecule has 2 aromatic rings. The summed E-state index contributed by atoms with van der Waals surface area (Å²) < 4.78 is 18.3. The van der Waals surface area contributed by atoms with Gasteiger partial charge in [-0.1, -0.05) is 12.1 Å². The molecular weight excluding hydrogens is 279 g/mol. The molecule has 1 heterocycles. The van der Waals surface area contributed by atoms with Crippen molar-refractivity contribution in [1.29, 1.82) is 0 Å². The summed E-state index contributed by atoms with van der Waals surface area (Å²) in [7, 11) is 0. The van der Waals surface area contributed by atoms with Gasteiger partial charge in [-0.05, 0) is 24.3 Å². The van der Waals surface area contributed by atoms with Crippen LogP contribution in [-0.4, -0.2) is 28.6 Å². The average Bonchev–Trinajstić information content (AvgIpc) is 2.47. The molecule has 0 bridgehead atoms. The monoisotopic (exact) mass is 290 g/mol. The fourth-order valence-corrected chi connectivity index (χ4v) is 1.55. The molecule has 2 N–H and O–H groups in total. The molecule has 0 aliphatic heterocycles. The number of anilines is 1. The van der Waals surface area contributed by atoms with Gasteiger partial charge in [-0.15, -0.1) is 0 Å². The molecule has 0 aliphatic rings. The van der Waals surface area contributed by atoms with Gasteiger partial charge in [0.05, 0.1) is 0 Å². The normalized spacial score (nSPS) is 9.95. The Kier molecular flexibility index (Phi) is 4.45. The summed E-state index contributed by atoms with van der Waals surface area (Å²) in [5.74, 6) is -2.60. The zero-order valence-electron chi connectivity index (χ0n) is 10.7. The Morgan fingerprint density at radius 2 is 2.00 bits per heavy atom. The van der Waals surface area contributed by atoms with E-state index in [0.717, 1.165) is 0 Å². The van der Waals surface area contributed by atoms with Gasteiger partial charge in [-0.3, -0.25) is 4.79 Å². The first-order chi connectivity index (χ1) is 10.1. The molecule has 108 valence electrons. The predicted octanol–water partition coefficient (Wildman–Crippen LogP) is 1.94. The van der Waals surface area contributed by atoms with Crippen molar-refractivity contribution >= 4 is 17.7 Å². The minimum Gasteiger partial charge on any atom is -0.481 e. The SMILES string of the molecule is O=C(COc1ccccc1F)Nc1ncccc1C(=O)O. The van der Waals surface area contributed by atoms with Crippen molar-refractivity contribution in [2.45, 2.75) is 0 Å². The number of hydrogen-bond donors (Lipinski definition) is 2. The molecule has 7 heteroatoms. The molecule has 0 saturated carbocycles. The molecular formula is C14H11FN2O4. The summed E-state index contributed by atoms with van der Waals surface area (Å²) in [6, 6.07) is 8.39. The lowest BCUT2D eigenvalue weighted by molar-refractivity contribution is -0.118. The maximum absolute atomic E-state index is 13.3. The zero-order valence-corrected chi connectivity index (χ0v) is 10.7. The molecule has 6 nitrogen and oxygen atoms in total. The van der Waals surface area contributed by atoms with Gasteiger partial charge in [0.1, 0.15) is 11.4 Å². The summed E-state index contributed by atoms with van der Waals surface area (Å²) in [6.07, 6.45) is 1.35. The molecule has 1 amide bonds. The number of ether oxygens (including phenoxy) is 1. The molecule has 1 aromatic heterocycles.